The fraction of sp³-hybridized carbons (Fsp3) is 0.161. The molecule has 0 aliphatic heterocycles. The van der Waals surface area contributed by atoms with Crippen LogP contribution in [-0.4, -0.2) is 22.0 Å². The van der Waals surface area contributed by atoms with E-state index in [1.165, 1.54) is 0 Å². The smallest absolute Gasteiger partial charge is 0.0804 e. The topological polar surface area (TPSA) is 65.6 Å². The fourth-order valence-electron chi connectivity index (χ4n) is 4.26. The van der Waals surface area contributed by atoms with Crippen molar-refractivity contribution in [3.05, 3.63) is 114 Å². The highest BCUT2D eigenvalue weighted by molar-refractivity contribution is 7.08. The molecule has 4 heterocycles. The molecular weight excluding hydrogens is 474 g/mol. The van der Waals surface area contributed by atoms with Crippen LogP contribution in [0.15, 0.2) is 102 Å². The lowest BCUT2D eigenvalue weighted by Gasteiger charge is -2.15. The first-order valence-electron chi connectivity index (χ1n) is 12.3. The molecule has 5 nitrogen and oxygen atoms in total. The number of allylic oxidation sites excluding steroid dienone is 5. The minimum Gasteiger partial charge on any atom is -0.388 e. The lowest BCUT2D eigenvalue weighted by molar-refractivity contribution is 0.913. The quantitative estimate of drug-likeness (QED) is 0.179. The Morgan fingerprint density at radius 3 is 2.70 bits per heavy atom. The third-order valence-electron chi connectivity index (χ3n) is 6.14. The molecule has 6 heteroatoms. The van der Waals surface area contributed by atoms with E-state index in [0.29, 0.717) is 0 Å². The lowest BCUT2D eigenvalue weighted by atomic mass is 9.96. The summed E-state index contributed by atoms with van der Waals surface area (Å²) >= 11 is 1.67. The van der Waals surface area contributed by atoms with E-state index < -0.39 is 0 Å². The molecular formula is C31H33N5S. The molecule has 0 fully saturated rings. The average Bonchev–Trinajstić information content (AvgIpc) is 3.59. The van der Waals surface area contributed by atoms with Crippen LogP contribution in [0.1, 0.15) is 37.9 Å². The molecule has 0 aliphatic carbocycles. The Kier molecular flexibility index (Phi) is 8.21. The average molecular weight is 508 g/mol. The number of nitrogens with one attached hydrogen (secondary N) is 3. The van der Waals surface area contributed by atoms with Gasteiger partial charge in [0.1, 0.15) is 0 Å². The highest BCUT2D eigenvalue weighted by atomic mass is 32.1. The standard InChI is InChI=1S/C31H33N5S/c1-7-9-21(4)35-25-15-24(17-33-18-25)20(3)14-26(28(8-2)32-6)22(5)30-16-27-29(36-30)10-12-34-31(27)23-11-13-37-19-23/h8,10-19,32,35-36H,3-5,7,9H2,1-2,6H3/b26-14-,28-8+. The Morgan fingerprint density at radius 1 is 1.16 bits per heavy atom. The first-order valence-corrected chi connectivity index (χ1v) is 13.2. The second kappa shape index (κ2) is 11.7. The minimum absolute atomic E-state index is 0.833. The minimum atomic E-state index is 0.833. The van der Waals surface area contributed by atoms with E-state index in [2.05, 4.69) is 81.2 Å². The second-order valence-electron chi connectivity index (χ2n) is 8.77. The van der Waals surface area contributed by atoms with E-state index in [-0.39, 0.29) is 0 Å². The van der Waals surface area contributed by atoms with Crippen molar-refractivity contribution >= 4 is 39.1 Å². The van der Waals surface area contributed by atoms with Crippen LogP contribution >= 0.6 is 11.3 Å². The van der Waals surface area contributed by atoms with Crippen molar-refractivity contribution in [2.24, 2.45) is 0 Å². The molecule has 0 aromatic carbocycles. The van der Waals surface area contributed by atoms with Crippen LogP contribution in [0.5, 0.6) is 0 Å². The van der Waals surface area contributed by atoms with E-state index >= 15 is 0 Å². The molecule has 0 bridgehead atoms. The Balaban J connectivity index is 1.70. The van der Waals surface area contributed by atoms with Crippen molar-refractivity contribution in [3.8, 4) is 11.3 Å². The van der Waals surface area contributed by atoms with Gasteiger partial charge >= 0.3 is 0 Å². The highest BCUT2D eigenvalue weighted by Crippen LogP contribution is 2.34. The van der Waals surface area contributed by atoms with Gasteiger partial charge in [0.15, 0.2) is 0 Å². The number of hydrogen-bond donors (Lipinski definition) is 3. The summed E-state index contributed by atoms with van der Waals surface area (Å²) < 4.78 is 0. The number of fused-ring (bicyclic) bond motifs is 1. The zero-order chi connectivity index (χ0) is 26.4. The van der Waals surface area contributed by atoms with Crippen molar-refractivity contribution in [1.29, 1.82) is 0 Å². The molecule has 0 radical (unpaired) electrons. The third kappa shape index (κ3) is 5.81. The van der Waals surface area contributed by atoms with Gasteiger partial charge in [-0.2, -0.15) is 11.3 Å². The van der Waals surface area contributed by atoms with Gasteiger partial charge in [-0.25, -0.2) is 0 Å². The normalized spacial score (nSPS) is 12.0. The van der Waals surface area contributed by atoms with Gasteiger partial charge in [0.2, 0.25) is 0 Å². The zero-order valence-corrected chi connectivity index (χ0v) is 22.5. The summed E-state index contributed by atoms with van der Waals surface area (Å²) in [7, 11) is 1.91. The molecule has 0 unspecified atom stereocenters. The molecule has 0 saturated carbocycles. The summed E-state index contributed by atoms with van der Waals surface area (Å²) in [6.07, 6.45) is 11.5. The number of aromatic nitrogens is 3. The van der Waals surface area contributed by atoms with Crippen LogP contribution in [0.3, 0.4) is 0 Å². The number of likely N-dealkylation sites (N-methyl/N-ethyl adjacent to an activating group) is 1. The second-order valence-corrected chi connectivity index (χ2v) is 9.55. The number of thiophene rings is 1. The zero-order valence-electron chi connectivity index (χ0n) is 21.7. The summed E-state index contributed by atoms with van der Waals surface area (Å²) in [5.41, 5.74) is 10.4. The molecule has 37 heavy (non-hydrogen) atoms. The Bertz CT molecular complexity index is 1500. The Morgan fingerprint density at radius 2 is 2.00 bits per heavy atom. The first kappa shape index (κ1) is 25.9. The van der Waals surface area contributed by atoms with Crippen LogP contribution in [0.4, 0.5) is 5.69 Å². The summed E-state index contributed by atoms with van der Waals surface area (Å²) in [5, 5.41) is 11.9. The number of H-pyrrole nitrogens is 1. The Hall–Kier alpha value is -4.16. The van der Waals surface area contributed by atoms with Crippen LogP contribution in [-0.2, 0) is 0 Å². The fourth-order valence-corrected chi connectivity index (χ4v) is 4.90. The molecule has 3 N–H and O–H groups in total. The maximum atomic E-state index is 4.65. The molecule has 4 aromatic rings. The van der Waals surface area contributed by atoms with Crippen LogP contribution in [0.25, 0.3) is 33.3 Å². The maximum Gasteiger partial charge on any atom is 0.0804 e. The third-order valence-corrected chi connectivity index (χ3v) is 6.82. The first-order chi connectivity index (χ1) is 17.9. The molecule has 0 atom stereocenters. The van der Waals surface area contributed by atoms with E-state index in [1.807, 2.05) is 44.6 Å². The molecule has 0 saturated heterocycles. The van der Waals surface area contributed by atoms with Gasteiger partial charge in [-0.3, -0.25) is 9.97 Å². The van der Waals surface area contributed by atoms with Gasteiger partial charge in [-0.15, -0.1) is 0 Å². The predicted octanol–water partition coefficient (Wildman–Crippen LogP) is 8.19. The van der Waals surface area contributed by atoms with E-state index in [0.717, 1.165) is 80.1 Å². The number of rotatable bonds is 11. The van der Waals surface area contributed by atoms with Crippen LogP contribution in [0.2, 0.25) is 0 Å². The summed E-state index contributed by atoms with van der Waals surface area (Å²) in [4.78, 5) is 12.6. The number of anilines is 1. The van der Waals surface area contributed by atoms with E-state index in [1.54, 1.807) is 17.5 Å². The molecule has 0 amide bonds. The van der Waals surface area contributed by atoms with Crippen LogP contribution in [0, 0.1) is 0 Å². The molecule has 0 spiro atoms. The van der Waals surface area contributed by atoms with Crippen molar-refractivity contribution in [2.75, 3.05) is 12.4 Å². The number of aromatic amines is 1. The van der Waals surface area contributed by atoms with Crippen LogP contribution < -0.4 is 10.6 Å². The predicted molar refractivity (Wildman–Crippen MR) is 160 cm³/mol. The van der Waals surface area contributed by atoms with Gasteiger partial charge in [-0.1, -0.05) is 39.2 Å². The van der Waals surface area contributed by atoms with Gasteiger partial charge in [0, 0.05) is 75.1 Å². The number of nitrogens with zero attached hydrogens (tertiary/aromatic N) is 2. The van der Waals surface area contributed by atoms with Gasteiger partial charge in [0.25, 0.3) is 0 Å². The van der Waals surface area contributed by atoms with Crippen molar-refractivity contribution in [3.63, 3.8) is 0 Å². The number of pyridine rings is 2. The summed E-state index contributed by atoms with van der Waals surface area (Å²) in [6, 6.07) is 8.26. The molecule has 0 aliphatic rings. The lowest BCUT2D eigenvalue weighted by Crippen LogP contribution is -2.09. The molecule has 188 valence electrons. The van der Waals surface area contributed by atoms with E-state index in [4.69, 9.17) is 0 Å². The highest BCUT2D eigenvalue weighted by Gasteiger charge is 2.16. The van der Waals surface area contributed by atoms with Crippen molar-refractivity contribution in [2.45, 2.75) is 26.7 Å². The van der Waals surface area contributed by atoms with Gasteiger partial charge in [0.05, 0.1) is 17.6 Å². The molecule has 4 aromatic heterocycles. The summed E-state index contributed by atoms with van der Waals surface area (Å²) in [5.74, 6) is 0. The number of hydrogen-bond acceptors (Lipinski definition) is 5. The van der Waals surface area contributed by atoms with Crippen molar-refractivity contribution in [1.82, 2.24) is 20.3 Å². The van der Waals surface area contributed by atoms with Crippen molar-refractivity contribution < 1.29 is 0 Å². The SMILES string of the molecule is C=C(CCC)Nc1cncc(C(=C)/C=C(C(=C)c2cc3c(-c4ccsc4)nccc3[nH]2)\C(=C/C)NC)c1. The van der Waals surface area contributed by atoms with Gasteiger partial charge < -0.3 is 15.6 Å². The largest absolute Gasteiger partial charge is 0.388 e. The maximum absolute atomic E-state index is 4.65. The molecule has 4 rings (SSSR count). The monoisotopic (exact) mass is 507 g/mol. The van der Waals surface area contributed by atoms with E-state index in [9.17, 15) is 0 Å². The summed E-state index contributed by atoms with van der Waals surface area (Å²) in [6.45, 7) is 17.1. The Labute approximate surface area is 223 Å². The van der Waals surface area contributed by atoms with Gasteiger partial charge in [-0.05, 0) is 54.6 Å².